The van der Waals surface area contributed by atoms with Crippen LogP contribution in [0.1, 0.15) is 25.7 Å². The lowest BCUT2D eigenvalue weighted by Gasteiger charge is -2.24. The van der Waals surface area contributed by atoms with Crippen molar-refractivity contribution in [2.24, 2.45) is 17.0 Å². The van der Waals surface area contributed by atoms with Crippen molar-refractivity contribution in [3.05, 3.63) is 0 Å². The topological polar surface area (TPSA) is 58.9 Å². The fourth-order valence-corrected chi connectivity index (χ4v) is 1.84. The second-order valence-corrected chi connectivity index (χ2v) is 3.41. The van der Waals surface area contributed by atoms with Crippen molar-refractivity contribution in [2.45, 2.75) is 25.7 Å². The largest absolute Gasteiger partial charge is 0.469 e. The number of hydrogen-bond donors (Lipinski definition) is 1. The predicted molar refractivity (Wildman–Crippen MR) is 47.7 cm³/mol. The van der Waals surface area contributed by atoms with E-state index in [0.717, 1.165) is 25.7 Å². The molecule has 2 atom stereocenters. The molecule has 0 aliphatic heterocycles. The molecule has 4 heteroatoms. The molecular formula is C9H15NO3. The van der Waals surface area contributed by atoms with Crippen LogP contribution >= 0.6 is 0 Å². The molecule has 4 nitrogen and oxygen atoms in total. The van der Waals surface area contributed by atoms with Gasteiger partial charge in [-0.05, 0) is 25.2 Å². The second kappa shape index (κ2) is 4.84. The molecule has 13 heavy (non-hydrogen) atoms. The number of ether oxygens (including phenoxy) is 1. The van der Waals surface area contributed by atoms with E-state index in [9.17, 15) is 4.79 Å². The van der Waals surface area contributed by atoms with Gasteiger partial charge in [-0.3, -0.25) is 4.79 Å². The first-order chi connectivity index (χ1) is 6.27. The Kier molecular flexibility index (Phi) is 3.73. The molecular weight excluding hydrogens is 170 g/mol. The fraction of sp³-hybridized carbons (Fsp3) is 0.778. The standard InChI is InChI=1S/C9H15NO3/c1-13-9(11)8-4-2-3-7(5-8)6-10-12/h6-8,12H,2-5H2,1H3/b10-6+/t7-,8+/m0/s1. The maximum Gasteiger partial charge on any atom is 0.308 e. The highest BCUT2D eigenvalue weighted by Crippen LogP contribution is 2.28. The molecule has 1 N–H and O–H groups in total. The van der Waals surface area contributed by atoms with Crippen molar-refractivity contribution in [1.29, 1.82) is 0 Å². The molecule has 0 bridgehead atoms. The average Bonchev–Trinajstić information content (AvgIpc) is 2.18. The summed E-state index contributed by atoms with van der Waals surface area (Å²) >= 11 is 0. The van der Waals surface area contributed by atoms with Gasteiger partial charge in [0.05, 0.1) is 13.0 Å². The molecule has 0 aromatic carbocycles. The van der Waals surface area contributed by atoms with Gasteiger partial charge in [0.25, 0.3) is 0 Å². The molecule has 0 amide bonds. The zero-order valence-corrected chi connectivity index (χ0v) is 7.77. The third-order valence-corrected chi connectivity index (χ3v) is 2.53. The van der Waals surface area contributed by atoms with E-state index in [4.69, 9.17) is 5.21 Å². The van der Waals surface area contributed by atoms with E-state index in [2.05, 4.69) is 9.89 Å². The molecule has 1 aliphatic rings. The van der Waals surface area contributed by atoms with E-state index in [1.54, 1.807) is 0 Å². The van der Waals surface area contributed by atoms with Crippen molar-refractivity contribution in [1.82, 2.24) is 0 Å². The quantitative estimate of drug-likeness (QED) is 0.306. The summed E-state index contributed by atoms with van der Waals surface area (Å²) in [5.41, 5.74) is 0. The zero-order chi connectivity index (χ0) is 9.68. The minimum atomic E-state index is -0.143. The maximum atomic E-state index is 11.2. The maximum absolute atomic E-state index is 11.2. The van der Waals surface area contributed by atoms with Gasteiger partial charge in [-0.1, -0.05) is 6.42 Å². The first-order valence-corrected chi connectivity index (χ1v) is 4.53. The fourth-order valence-electron chi connectivity index (χ4n) is 1.84. The molecule has 1 rings (SSSR count). The Labute approximate surface area is 77.6 Å². The van der Waals surface area contributed by atoms with Gasteiger partial charge in [0.2, 0.25) is 0 Å². The Balaban J connectivity index is 2.46. The van der Waals surface area contributed by atoms with E-state index < -0.39 is 0 Å². The molecule has 1 fully saturated rings. The molecule has 0 saturated heterocycles. The summed E-state index contributed by atoms with van der Waals surface area (Å²) < 4.78 is 4.67. The van der Waals surface area contributed by atoms with Gasteiger partial charge in [-0.25, -0.2) is 0 Å². The summed E-state index contributed by atoms with van der Waals surface area (Å²) in [6.45, 7) is 0. The van der Waals surface area contributed by atoms with Crippen molar-refractivity contribution in [3.63, 3.8) is 0 Å². The van der Waals surface area contributed by atoms with Crippen molar-refractivity contribution in [2.75, 3.05) is 7.11 Å². The molecule has 74 valence electrons. The van der Waals surface area contributed by atoms with Crippen LogP contribution in [-0.4, -0.2) is 24.5 Å². The highest BCUT2D eigenvalue weighted by atomic mass is 16.5. The lowest BCUT2D eigenvalue weighted by molar-refractivity contribution is -0.146. The summed E-state index contributed by atoms with van der Waals surface area (Å²) in [7, 11) is 1.41. The number of hydrogen-bond acceptors (Lipinski definition) is 4. The van der Waals surface area contributed by atoms with Gasteiger partial charge in [-0.2, -0.15) is 0 Å². The van der Waals surface area contributed by atoms with Crippen LogP contribution in [-0.2, 0) is 9.53 Å². The van der Waals surface area contributed by atoms with Crippen LogP contribution in [0.3, 0.4) is 0 Å². The summed E-state index contributed by atoms with van der Waals surface area (Å²) in [4.78, 5) is 11.2. The van der Waals surface area contributed by atoms with E-state index in [1.165, 1.54) is 13.3 Å². The molecule has 0 radical (unpaired) electrons. The van der Waals surface area contributed by atoms with Crippen LogP contribution in [0.25, 0.3) is 0 Å². The highest BCUT2D eigenvalue weighted by Gasteiger charge is 2.26. The summed E-state index contributed by atoms with van der Waals surface area (Å²) in [5, 5.41) is 11.4. The SMILES string of the molecule is COC(=O)[C@@H]1CCC[C@H](/C=N/O)C1. The Hall–Kier alpha value is -1.06. The van der Waals surface area contributed by atoms with E-state index in [-0.39, 0.29) is 17.8 Å². The van der Waals surface area contributed by atoms with Crippen LogP contribution in [0.5, 0.6) is 0 Å². The normalized spacial score (nSPS) is 29.0. The van der Waals surface area contributed by atoms with Crippen molar-refractivity contribution in [3.8, 4) is 0 Å². The smallest absolute Gasteiger partial charge is 0.308 e. The first-order valence-electron chi connectivity index (χ1n) is 4.53. The Morgan fingerprint density at radius 1 is 1.62 bits per heavy atom. The monoisotopic (exact) mass is 185 g/mol. The molecule has 1 saturated carbocycles. The predicted octanol–water partition coefficient (Wildman–Crippen LogP) is 1.43. The Morgan fingerprint density at radius 2 is 2.38 bits per heavy atom. The zero-order valence-electron chi connectivity index (χ0n) is 7.77. The molecule has 0 spiro atoms. The summed E-state index contributed by atoms with van der Waals surface area (Å²) in [6, 6.07) is 0. The average molecular weight is 185 g/mol. The van der Waals surface area contributed by atoms with Gasteiger partial charge in [0.15, 0.2) is 0 Å². The van der Waals surface area contributed by atoms with E-state index in [0.29, 0.717) is 0 Å². The first kappa shape index (κ1) is 10.0. The van der Waals surface area contributed by atoms with Crippen molar-refractivity contribution >= 4 is 12.2 Å². The van der Waals surface area contributed by atoms with Gasteiger partial charge >= 0.3 is 5.97 Å². The minimum absolute atomic E-state index is 0.0123. The third kappa shape index (κ3) is 2.72. The second-order valence-electron chi connectivity index (χ2n) is 3.41. The molecule has 1 aliphatic carbocycles. The van der Waals surface area contributed by atoms with Crippen LogP contribution in [0.15, 0.2) is 5.16 Å². The Morgan fingerprint density at radius 3 is 3.00 bits per heavy atom. The third-order valence-electron chi connectivity index (χ3n) is 2.53. The summed E-state index contributed by atoms with van der Waals surface area (Å²) in [6.07, 6.45) is 5.14. The van der Waals surface area contributed by atoms with Crippen LogP contribution in [0.2, 0.25) is 0 Å². The number of methoxy groups -OCH3 is 1. The lowest BCUT2D eigenvalue weighted by Crippen LogP contribution is -2.24. The summed E-state index contributed by atoms with van der Waals surface area (Å²) in [5.74, 6) is 0.0700. The minimum Gasteiger partial charge on any atom is -0.469 e. The lowest BCUT2D eigenvalue weighted by atomic mass is 9.82. The molecule has 0 heterocycles. The van der Waals surface area contributed by atoms with E-state index in [1.807, 2.05) is 0 Å². The van der Waals surface area contributed by atoms with Crippen LogP contribution in [0.4, 0.5) is 0 Å². The number of esters is 1. The van der Waals surface area contributed by atoms with E-state index >= 15 is 0 Å². The number of carbonyl (C=O) groups excluding carboxylic acids is 1. The van der Waals surface area contributed by atoms with Crippen LogP contribution in [0, 0.1) is 11.8 Å². The van der Waals surface area contributed by atoms with Crippen LogP contribution < -0.4 is 0 Å². The highest BCUT2D eigenvalue weighted by molar-refractivity contribution is 5.73. The van der Waals surface area contributed by atoms with Crippen molar-refractivity contribution < 1.29 is 14.7 Å². The molecule has 0 unspecified atom stereocenters. The van der Waals surface area contributed by atoms with Gasteiger partial charge in [-0.15, -0.1) is 5.16 Å². The molecule has 0 aromatic heterocycles. The van der Waals surface area contributed by atoms with Gasteiger partial charge in [0, 0.05) is 6.21 Å². The number of oxime groups is 1. The molecule has 0 aromatic rings. The number of rotatable bonds is 2. The van der Waals surface area contributed by atoms with Gasteiger partial charge in [0.1, 0.15) is 0 Å². The Bertz CT molecular complexity index is 203. The van der Waals surface area contributed by atoms with Gasteiger partial charge < -0.3 is 9.94 Å². The number of carbonyl (C=O) groups is 1. The number of nitrogens with zero attached hydrogens (tertiary/aromatic N) is 1.